The first-order chi connectivity index (χ1) is 60.5. The molecular formula is C110H110ClN9O5S2. The van der Waals surface area contributed by atoms with Gasteiger partial charge in [0.15, 0.2) is 5.11 Å². The first kappa shape index (κ1) is 93.0. The summed E-state index contributed by atoms with van der Waals surface area (Å²) in [5, 5.41) is 12.2. The summed E-state index contributed by atoms with van der Waals surface area (Å²) in [7, 11) is 4.12. The maximum absolute atomic E-state index is 14.5. The third-order valence-corrected chi connectivity index (χ3v) is 25.7. The minimum absolute atomic E-state index is 0. The molecule has 6 heterocycles. The summed E-state index contributed by atoms with van der Waals surface area (Å²) in [6.07, 6.45) is 6.48. The van der Waals surface area contributed by atoms with Gasteiger partial charge in [-0.2, -0.15) is 19.2 Å². The predicted octanol–water partition coefficient (Wildman–Crippen LogP) is 24.2. The van der Waals surface area contributed by atoms with Gasteiger partial charge in [-0.25, -0.2) is 14.5 Å². The third kappa shape index (κ3) is 21.3. The third-order valence-electron chi connectivity index (χ3n) is 24.4. The Bertz CT molecular complexity index is 6730. The van der Waals surface area contributed by atoms with Crippen molar-refractivity contribution in [2.24, 2.45) is 0 Å². The number of amides is 1. The van der Waals surface area contributed by atoms with E-state index in [9.17, 15) is 4.79 Å². The molecule has 0 unspecified atom stereocenters. The van der Waals surface area contributed by atoms with E-state index < -0.39 is 0 Å². The van der Waals surface area contributed by atoms with Crippen molar-refractivity contribution in [1.29, 1.82) is 0 Å². The molecule has 0 radical (unpaired) electrons. The van der Waals surface area contributed by atoms with Crippen molar-refractivity contribution in [3.8, 4) is 77.3 Å². The number of thiocarbonyl (C=S) groups is 1. The number of nitrogens with zero attached hydrogens (tertiary/aromatic N) is 4. The number of allylic oxidation sites excluding steroid dienone is 1. The molecule has 0 saturated heterocycles. The molecule has 17 heteroatoms. The average molecular weight is 1740 g/mol. The number of aryl methyl sites for hydroxylation is 4. The maximum atomic E-state index is 14.5. The molecule has 2 atom stereocenters. The number of rotatable bonds is 18. The van der Waals surface area contributed by atoms with Crippen LogP contribution in [0.3, 0.4) is 0 Å². The van der Waals surface area contributed by atoms with Crippen molar-refractivity contribution in [3.63, 3.8) is 0 Å². The minimum atomic E-state index is -0.0252. The lowest BCUT2D eigenvalue weighted by Crippen LogP contribution is -3.00. The lowest BCUT2D eigenvalue weighted by Gasteiger charge is -2.18. The van der Waals surface area contributed by atoms with Crippen LogP contribution >= 0.6 is 23.6 Å². The van der Waals surface area contributed by atoms with Gasteiger partial charge in [0.25, 0.3) is 0 Å². The Morgan fingerprint density at radius 1 is 0.496 bits per heavy atom. The smallest absolute Gasteiger partial charge is 0.373 e. The lowest BCUT2D eigenvalue weighted by molar-refractivity contribution is -0.193. The summed E-state index contributed by atoms with van der Waals surface area (Å²) in [6, 6.07) is 83.3. The Morgan fingerprint density at radius 3 is 1.41 bits per heavy atom. The van der Waals surface area contributed by atoms with Crippen LogP contribution in [-0.2, 0) is 30.4 Å². The van der Waals surface area contributed by atoms with Crippen LogP contribution in [0, 0.1) is 27.7 Å². The summed E-state index contributed by atoms with van der Waals surface area (Å²) in [5.41, 5.74) is 39.4. The highest BCUT2D eigenvalue weighted by Gasteiger charge is 2.32. The topological polar surface area (TPSA) is 195 Å². The van der Waals surface area contributed by atoms with Crippen LogP contribution in [0.1, 0.15) is 203 Å². The first-order valence-corrected chi connectivity index (χ1v) is 44.5. The van der Waals surface area contributed by atoms with Gasteiger partial charge in [0, 0.05) is 97.6 Å². The van der Waals surface area contributed by atoms with Gasteiger partial charge >= 0.3 is 12.3 Å². The Hall–Kier alpha value is -13.2. The van der Waals surface area contributed by atoms with Gasteiger partial charge in [-0.05, 0) is 249 Å². The van der Waals surface area contributed by atoms with Crippen LogP contribution in [0.5, 0.6) is 0 Å². The van der Waals surface area contributed by atoms with E-state index in [0.29, 0.717) is 41.6 Å². The van der Waals surface area contributed by atoms with E-state index in [-0.39, 0.29) is 42.5 Å². The monoisotopic (exact) mass is 1740 g/mol. The normalized spacial score (nSPS) is 12.7. The molecule has 12 aromatic rings. The second kappa shape index (κ2) is 41.3. The van der Waals surface area contributed by atoms with Gasteiger partial charge in [0.05, 0.1) is 32.2 Å². The van der Waals surface area contributed by atoms with Crippen LogP contribution in [0.2, 0.25) is 0 Å². The highest BCUT2D eigenvalue weighted by atomic mass is 35.5. The highest BCUT2D eigenvalue weighted by molar-refractivity contribution is 7.80. The van der Waals surface area contributed by atoms with Crippen molar-refractivity contribution < 1.29 is 36.4 Å². The highest BCUT2D eigenvalue weighted by Crippen LogP contribution is 2.45. The molecule has 127 heavy (non-hydrogen) atoms. The van der Waals surface area contributed by atoms with Gasteiger partial charge in [0.1, 0.15) is 14.1 Å². The number of carbonyl (C=O) groups is 1. The quantitative estimate of drug-likeness (QED) is 0.0312. The van der Waals surface area contributed by atoms with Crippen LogP contribution < -0.4 is 38.3 Å². The number of fused-ring (bicyclic) bond motifs is 10. The number of aromatic amines is 2. The van der Waals surface area contributed by atoms with Gasteiger partial charge in [-0.1, -0.05) is 252 Å². The summed E-state index contributed by atoms with van der Waals surface area (Å²) < 4.78 is 3.22. The van der Waals surface area contributed by atoms with E-state index in [1.54, 1.807) is 11.3 Å². The molecule has 0 fully saturated rings. The van der Waals surface area contributed by atoms with E-state index in [1.165, 1.54) is 55.6 Å². The number of H-pyrrole nitrogens is 2. The van der Waals surface area contributed by atoms with E-state index in [1.807, 2.05) is 6.08 Å². The Labute approximate surface area is 761 Å². The zero-order valence-electron chi connectivity index (χ0n) is 75.4. The Morgan fingerprint density at radius 2 is 0.937 bits per heavy atom. The van der Waals surface area contributed by atoms with Crippen molar-refractivity contribution in [3.05, 3.63) is 321 Å². The lowest BCUT2D eigenvalue weighted by atomic mass is 9.85. The molecule has 8 bridgehead atoms. The molecule has 4 aliphatic rings. The Balaban J connectivity index is 0.000000222. The summed E-state index contributed by atoms with van der Waals surface area (Å²) in [4.78, 5) is 71.2. The van der Waals surface area contributed by atoms with E-state index in [4.69, 9.17) is 46.3 Å². The van der Waals surface area contributed by atoms with Crippen LogP contribution in [0.25, 0.3) is 127 Å². The molecule has 9 aromatic carbocycles. The number of nitrogens with one attached hydrogen (secondary N) is 5. The van der Waals surface area contributed by atoms with Crippen molar-refractivity contribution >= 4 is 114 Å². The number of halogens is 1. The second-order valence-corrected chi connectivity index (χ2v) is 35.7. The Kier molecular flexibility index (Phi) is 30.2. The van der Waals surface area contributed by atoms with Crippen LogP contribution in [0.4, 0.5) is 17.1 Å². The summed E-state index contributed by atoms with van der Waals surface area (Å²) in [5.74, 6) is 1.96. The second-order valence-electron chi connectivity index (χ2n) is 34.2. The zero-order valence-corrected chi connectivity index (χ0v) is 77.8. The van der Waals surface area contributed by atoms with Gasteiger partial charge in [-0.3, -0.25) is 9.78 Å². The number of benzene rings is 10. The molecule has 14 nitrogen and oxygen atoms in total. The fourth-order valence-electron chi connectivity index (χ4n) is 16.7. The van der Waals surface area contributed by atoms with Gasteiger partial charge < -0.3 is 38.3 Å². The summed E-state index contributed by atoms with van der Waals surface area (Å²) >= 11 is 7.76. The van der Waals surface area contributed by atoms with E-state index in [0.717, 1.165) is 167 Å². The molecule has 3 aromatic heterocycles. The molecule has 1 aliphatic carbocycles. The number of hydrogen-bond donors (Lipinski definition) is 5. The first-order valence-electron chi connectivity index (χ1n) is 43.2. The zero-order chi connectivity index (χ0) is 89.9. The molecule has 16 rings (SSSR count). The van der Waals surface area contributed by atoms with Crippen molar-refractivity contribution in [2.75, 3.05) is 30.0 Å². The molecule has 0 spiro atoms. The molecule has 1 amide bonds. The van der Waals surface area contributed by atoms with Crippen LogP contribution in [-0.4, -0.2) is 62.3 Å². The average Bonchev–Trinajstić information content (AvgIpc) is 1.71. The molecule has 5 N–H and O–H groups in total. The van der Waals surface area contributed by atoms with E-state index in [2.05, 4.69) is 392 Å². The van der Waals surface area contributed by atoms with Gasteiger partial charge in [0.2, 0.25) is 11.3 Å². The fraction of sp³-hybridized carbons (Fsp3) is 0.236. The van der Waals surface area contributed by atoms with Crippen LogP contribution in [0.15, 0.2) is 237 Å². The number of carbonyl (C=O) groups excluding carboxylic acids is 5. The minimum Gasteiger partial charge on any atom is -1.00 e. The van der Waals surface area contributed by atoms with E-state index >= 15 is 0 Å². The van der Waals surface area contributed by atoms with Crippen molar-refractivity contribution in [1.82, 2.24) is 29.5 Å². The number of anilines is 3. The molecule has 0 saturated carbocycles. The van der Waals surface area contributed by atoms with Crippen molar-refractivity contribution in [2.45, 2.75) is 159 Å². The maximum Gasteiger partial charge on any atom is 0.373 e. The number of hydrogen-bond acceptors (Lipinski definition) is 10. The SMILES string of the molecule is C=Cc1c(C)c2cc3nc(c(C)c4nc(cc5[nH]c(cc1[nH]2)c(C)c5CC)C(C)=C4)[C@@H](CCC(=O)Nc1cc(-c2ccc(C(C)C)cc2)ccc1-c1ccc(-c2ccc(C(C)C)cc2)cc1)[C@@H]3C.Cc1cc2nc3ccc(=[N+](C)C)cc-3sc2cc1NC(=S)Nc1cc(-c2ccc(C(C)C)cc2)ccc1-c1ccc(-c2ccc(C(C)C)cc2)cc1.O=C=O.O=C=O.[Cl-]. The number of aromatic nitrogens is 5. The van der Waals surface area contributed by atoms with Gasteiger partial charge in [-0.15, -0.1) is 11.3 Å². The molecule has 3 aliphatic heterocycles. The standard InChI is InChI=1S/C62H65N5O.C46H44N4S2.2CO2.ClH/c1-12-49-39(9)56-34-60-50(13-2)38(8)55(64-60)33-57-40(10)51(62(67-57)41(11)54-30-37(7)53(63-54)32-59(49)65-56)28-29-61(68)66-58-31-48(46-20-16-43(17-21-46)36(5)6)26-27-52(58)47-24-22-45(23-25-47)44-18-14-42(15-19-44)35(3)4;1-28(2)31-8-12-33(13-9-31)34-16-18-36(19-17-34)39-22-20-37(35-14-10-32(11-15-35)29(3)4)25-42(39)49-46(51)48-41-27-45-43(24-30(41)5)47-40-23-21-38(50(6)7)26-44(40)52-45;2*2-1-3;/h13-27,30-36,40,51,64-65H,2,12,28-29H2,1,3-11H3,(H,66,68);8-29H,1-7H3,(H,49,51);;;1H/t40-,51-;;;;/m0..../s1. The summed E-state index contributed by atoms with van der Waals surface area (Å²) in [6.45, 7) is 37.2. The molecule has 644 valence electrons. The predicted molar refractivity (Wildman–Crippen MR) is 527 cm³/mol. The molecular weight excluding hydrogens is 1630 g/mol. The fourth-order valence-corrected chi connectivity index (χ4v) is 18.0. The largest absolute Gasteiger partial charge is 1.00 e.